The largest absolute Gasteiger partial charge is 0.352 e. The minimum absolute atomic E-state index is 0.0459. The van der Waals surface area contributed by atoms with Crippen LogP contribution >= 0.6 is 0 Å². The number of carbonyl (C=O) groups is 2. The van der Waals surface area contributed by atoms with Crippen LogP contribution in [0, 0.1) is 5.82 Å². The number of amides is 2. The van der Waals surface area contributed by atoms with Crippen molar-refractivity contribution >= 4 is 34.2 Å². The number of halogens is 1. The zero-order chi connectivity index (χ0) is 26.3. The molecule has 2 aromatic carbocycles. The summed E-state index contributed by atoms with van der Waals surface area (Å²) in [5, 5.41) is 7.54. The van der Waals surface area contributed by atoms with Gasteiger partial charge in [0.1, 0.15) is 12.4 Å². The summed E-state index contributed by atoms with van der Waals surface area (Å²) < 4.78 is 16.7. The van der Waals surface area contributed by atoms with Crippen molar-refractivity contribution in [3.05, 3.63) is 74.7 Å². The van der Waals surface area contributed by atoms with Crippen LogP contribution < -0.4 is 21.5 Å². The lowest BCUT2D eigenvalue weighted by atomic mass is 9.95. The monoisotopic (exact) mass is 506 g/mol. The van der Waals surface area contributed by atoms with Crippen LogP contribution in [0.25, 0.3) is 16.7 Å². The molecule has 0 aliphatic heterocycles. The third-order valence-electron chi connectivity index (χ3n) is 6.97. The van der Waals surface area contributed by atoms with Crippen molar-refractivity contribution in [2.24, 2.45) is 7.05 Å². The van der Waals surface area contributed by atoms with Gasteiger partial charge in [-0.05, 0) is 55.3 Å². The lowest BCUT2D eigenvalue weighted by Crippen LogP contribution is -2.36. The predicted molar refractivity (Wildman–Crippen MR) is 136 cm³/mol. The maximum atomic E-state index is 13.4. The van der Waals surface area contributed by atoms with Crippen LogP contribution in [0.15, 0.2) is 52.1 Å². The minimum Gasteiger partial charge on any atom is -0.349 e. The molecule has 2 heterocycles. The number of benzene rings is 2. The number of fused-ring (bicyclic) bond motifs is 3. The van der Waals surface area contributed by atoms with Crippen LogP contribution in [0.3, 0.4) is 0 Å². The van der Waals surface area contributed by atoms with E-state index in [0.29, 0.717) is 11.3 Å². The Bertz CT molecular complexity index is 1630. The molecule has 10 nitrogen and oxygen atoms in total. The molecule has 1 fully saturated rings. The molecule has 11 heteroatoms. The number of carbonyl (C=O) groups excluding carboxylic acids is 2. The molecule has 5 rings (SSSR count). The normalized spacial score (nSPS) is 14.2. The van der Waals surface area contributed by atoms with E-state index in [1.54, 1.807) is 6.07 Å². The van der Waals surface area contributed by atoms with Crippen molar-refractivity contribution in [1.82, 2.24) is 24.1 Å². The molecular formula is C26H27FN6O4. The van der Waals surface area contributed by atoms with Crippen molar-refractivity contribution in [2.75, 3.05) is 11.9 Å². The fourth-order valence-corrected chi connectivity index (χ4v) is 4.80. The molecule has 1 aliphatic rings. The number of anilines is 1. The highest BCUT2D eigenvalue weighted by Gasteiger charge is 2.21. The maximum Gasteiger partial charge on any atom is 0.352 e. The summed E-state index contributed by atoms with van der Waals surface area (Å²) >= 11 is 0. The van der Waals surface area contributed by atoms with E-state index in [1.807, 2.05) is 0 Å². The summed E-state index contributed by atoms with van der Waals surface area (Å²) in [6.07, 6.45) is 5.16. The third kappa shape index (κ3) is 4.52. The van der Waals surface area contributed by atoms with Gasteiger partial charge in [0.05, 0.1) is 10.9 Å². The highest BCUT2D eigenvalue weighted by molar-refractivity contribution is 5.98. The van der Waals surface area contributed by atoms with Crippen molar-refractivity contribution in [1.29, 1.82) is 0 Å². The van der Waals surface area contributed by atoms with Gasteiger partial charge < -0.3 is 10.2 Å². The Morgan fingerprint density at radius 1 is 1.08 bits per heavy atom. The van der Waals surface area contributed by atoms with Crippen molar-refractivity contribution < 1.29 is 14.0 Å². The molecule has 37 heavy (non-hydrogen) atoms. The molecule has 2 amide bonds. The molecule has 1 aliphatic carbocycles. The van der Waals surface area contributed by atoms with Gasteiger partial charge in [-0.1, -0.05) is 19.3 Å². The summed E-state index contributed by atoms with van der Waals surface area (Å²) in [4.78, 5) is 53.5. The van der Waals surface area contributed by atoms with Gasteiger partial charge in [-0.3, -0.25) is 19.0 Å². The highest BCUT2D eigenvalue weighted by atomic mass is 19.1. The molecule has 192 valence electrons. The minimum atomic E-state index is -0.624. The van der Waals surface area contributed by atoms with E-state index >= 15 is 0 Å². The van der Waals surface area contributed by atoms with Crippen molar-refractivity contribution in [3.63, 3.8) is 0 Å². The molecular weight excluding hydrogens is 479 g/mol. The number of aromatic nitrogens is 4. The van der Waals surface area contributed by atoms with Crippen LogP contribution in [0.2, 0.25) is 0 Å². The van der Waals surface area contributed by atoms with E-state index in [1.165, 1.54) is 70.8 Å². The Labute approximate surface area is 210 Å². The number of aryl methyl sites for hydroxylation is 1. The van der Waals surface area contributed by atoms with Crippen LogP contribution in [0.4, 0.5) is 10.1 Å². The SMILES string of the molecule is CN(C(=O)Cn1nc2n(C)c(=O)c3ccc(C(=O)NC4CCCCC4)cc3n2c1=O)c1ccc(F)cc1. The number of likely N-dealkylation sites (N-methyl/N-ethyl adjacent to an activating group) is 1. The second-order valence-corrected chi connectivity index (χ2v) is 9.41. The Morgan fingerprint density at radius 2 is 1.78 bits per heavy atom. The van der Waals surface area contributed by atoms with Gasteiger partial charge in [-0.25, -0.2) is 18.3 Å². The predicted octanol–water partition coefficient (Wildman–Crippen LogP) is 2.21. The number of hydrogen-bond acceptors (Lipinski definition) is 5. The number of rotatable bonds is 5. The van der Waals surface area contributed by atoms with Gasteiger partial charge in [0.25, 0.3) is 11.5 Å². The molecule has 2 aromatic heterocycles. The second-order valence-electron chi connectivity index (χ2n) is 9.41. The van der Waals surface area contributed by atoms with Crippen molar-refractivity contribution in [3.8, 4) is 0 Å². The Morgan fingerprint density at radius 3 is 2.49 bits per heavy atom. The van der Waals surface area contributed by atoms with E-state index in [-0.39, 0.29) is 34.2 Å². The zero-order valence-corrected chi connectivity index (χ0v) is 20.6. The first-order valence-electron chi connectivity index (χ1n) is 12.2. The van der Waals surface area contributed by atoms with Crippen LogP contribution in [-0.4, -0.2) is 43.7 Å². The highest BCUT2D eigenvalue weighted by Crippen LogP contribution is 2.19. The average Bonchev–Trinajstić information content (AvgIpc) is 3.23. The fourth-order valence-electron chi connectivity index (χ4n) is 4.80. The maximum absolute atomic E-state index is 13.4. The quantitative estimate of drug-likeness (QED) is 0.446. The molecule has 0 radical (unpaired) electrons. The lowest BCUT2D eigenvalue weighted by Gasteiger charge is -2.22. The Hall–Kier alpha value is -4.28. The molecule has 4 aromatic rings. The second kappa shape index (κ2) is 9.64. The molecule has 0 saturated heterocycles. The Kier molecular flexibility index (Phi) is 6.36. The molecule has 1 N–H and O–H groups in total. The van der Waals surface area contributed by atoms with Crippen LogP contribution in [-0.2, 0) is 18.4 Å². The summed E-state index contributed by atoms with van der Waals surface area (Å²) in [5.74, 6) is -1.11. The van der Waals surface area contributed by atoms with Gasteiger partial charge in [0.2, 0.25) is 11.7 Å². The Balaban J connectivity index is 1.52. The van der Waals surface area contributed by atoms with E-state index < -0.39 is 24.0 Å². The third-order valence-corrected chi connectivity index (χ3v) is 6.97. The van der Waals surface area contributed by atoms with Gasteiger partial charge in [0.15, 0.2) is 0 Å². The molecule has 0 atom stereocenters. The standard InChI is InChI=1S/C26H27FN6O4/c1-30(19-11-9-17(27)10-12-19)22(34)15-32-26(37)33-21-14-16(23(35)28-18-6-4-3-5-7-18)8-13-20(21)24(36)31(2)25(33)29-32/h8-14,18H,3-7,15H2,1-2H3,(H,28,35). The fraction of sp³-hybridized carbons (Fsp3) is 0.346. The average molecular weight is 507 g/mol. The van der Waals surface area contributed by atoms with Crippen LogP contribution in [0.5, 0.6) is 0 Å². The summed E-state index contributed by atoms with van der Waals surface area (Å²) in [5.41, 5.74) is 0.0222. The van der Waals surface area contributed by atoms with E-state index in [0.717, 1.165) is 30.4 Å². The van der Waals surface area contributed by atoms with Gasteiger partial charge in [-0.15, -0.1) is 5.10 Å². The van der Waals surface area contributed by atoms with Gasteiger partial charge >= 0.3 is 5.69 Å². The topological polar surface area (TPSA) is 111 Å². The first-order chi connectivity index (χ1) is 17.7. The number of hydrogen-bond donors (Lipinski definition) is 1. The summed E-state index contributed by atoms with van der Waals surface area (Å²) in [7, 11) is 3.00. The van der Waals surface area contributed by atoms with Crippen LogP contribution in [0.1, 0.15) is 42.5 Å². The van der Waals surface area contributed by atoms with E-state index in [2.05, 4.69) is 10.4 Å². The zero-order valence-electron chi connectivity index (χ0n) is 20.6. The number of nitrogens with zero attached hydrogens (tertiary/aromatic N) is 5. The first-order valence-corrected chi connectivity index (χ1v) is 12.2. The number of nitrogens with one attached hydrogen (secondary N) is 1. The van der Waals surface area contributed by atoms with E-state index in [4.69, 9.17) is 0 Å². The molecule has 1 saturated carbocycles. The van der Waals surface area contributed by atoms with Gasteiger partial charge in [0, 0.05) is 31.4 Å². The van der Waals surface area contributed by atoms with Gasteiger partial charge in [-0.2, -0.15) is 0 Å². The molecule has 0 bridgehead atoms. The molecule has 0 unspecified atom stereocenters. The summed E-state index contributed by atoms with van der Waals surface area (Å²) in [6, 6.07) is 10.1. The summed E-state index contributed by atoms with van der Waals surface area (Å²) in [6.45, 7) is -0.397. The smallest absolute Gasteiger partial charge is 0.349 e. The van der Waals surface area contributed by atoms with Crippen molar-refractivity contribution in [2.45, 2.75) is 44.7 Å². The first kappa shape index (κ1) is 24.4. The molecule has 0 spiro atoms. The lowest BCUT2D eigenvalue weighted by molar-refractivity contribution is -0.119. The van der Waals surface area contributed by atoms with E-state index in [9.17, 15) is 23.6 Å².